The van der Waals surface area contributed by atoms with Gasteiger partial charge in [-0.3, -0.25) is 4.40 Å². The number of imidazole rings is 1. The third-order valence-corrected chi connectivity index (χ3v) is 2.39. The van der Waals surface area contributed by atoms with E-state index in [1.165, 1.54) is 6.07 Å². The lowest BCUT2D eigenvalue weighted by atomic mass is 10.5. The van der Waals surface area contributed by atoms with Crippen LogP contribution in [0.2, 0.25) is 5.15 Å². The first-order chi connectivity index (χ1) is 8.41. The Hall–Kier alpha value is -1.54. The second kappa shape index (κ2) is 4.62. The number of aliphatic hydroxyl groups is 1. The summed E-state index contributed by atoms with van der Waals surface area (Å²) in [6.45, 7) is 0.0824. The molecule has 0 radical (unpaired) electrons. The summed E-state index contributed by atoms with van der Waals surface area (Å²) in [5, 5.41) is 11.4. The zero-order valence-corrected chi connectivity index (χ0v) is 9.63. The molecule has 0 amide bonds. The monoisotopic (exact) mass is 280 g/mol. The maximum Gasteiger partial charge on any atom is 0.434 e. The van der Waals surface area contributed by atoms with Crippen LogP contribution < -0.4 is 5.32 Å². The van der Waals surface area contributed by atoms with Crippen molar-refractivity contribution in [3.05, 3.63) is 23.1 Å². The van der Waals surface area contributed by atoms with Crippen LogP contribution in [-0.2, 0) is 6.18 Å². The molecule has 5 nitrogen and oxygen atoms in total. The van der Waals surface area contributed by atoms with Crippen LogP contribution in [0.15, 0.2) is 12.3 Å². The summed E-state index contributed by atoms with van der Waals surface area (Å²) in [6.07, 6.45) is -3.77. The zero-order valence-electron chi connectivity index (χ0n) is 8.87. The second-order valence-electron chi connectivity index (χ2n) is 3.41. The van der Waals surface area contributed by atoms with E-state index in [4.69, 9.17) is 16.7 Å². The number of nitrogens with zero attached hydrogens (tertiary/aromatic N) is 3. The number of fused-ring (bicyclic) bond motifs is 1. The molecular weight excluding hydrogens is 273 g/mol. The molecule has 9 heteroatoms. The Kier molecular flexibility index (Phi) is 3.31. The molecule has 2 rings (SSSR count). The molecule has 2 heterocycles. The van der Waals surface area contributed by atoms with Crippen molar-refractivity contribution in [2.75, 3.05) is 18.5 Å². The van der Waals surface area contributed by atoms with Gasteiger partial charge >= 0.3 is 6.18 Å². The number of aromatic nitrogens is 3. The number of aliphatic hydroxyl groups excluding tert-OH is 1. The molecule has 18 heavy (non-hydrogen) atoms. The van der Waals surface area contributed by atoms with Gasteiger partial charge in [0, 0.05) is 18.8 Å². The molecule has 0 aliphatic heterocycles. The van der Waals surface area contributed by atoms with Crippen molar-refractivity contribution in [2.45, 2.75) is 6.18 Å². The fourth-order valence-electron chi connectivity index (χ4n) is 1.34. The third kappa shape index (κ3) is 2.49. The van der Waals surface area contributed by atoms with E-state index in [-0.39, 0.29) is 29.9 Å². The Morgan fingerprint density at radius 2 is 2.11 bits per heavy atom. The van der Waals surface area contributed by atoms with Crippen molar-refractivity contribution >= 4 is 23.2 Å². The van der Waals surface area contributed by atoms with Gasteiger partial charge in [-0.15, -0.1) is 0 Å². The van der Waals surface area contributed by atoms with Crippen LogP contribution >= 0.6 is 11.6 Å². The highest BCUT2D eigenvalue weighted by Crippen LogP contribution is 2.29. The SMILES string of the molecule is OCCNc1cc(Cl)n2cc(C(F)(F)F)nc2n1. The van der Waals surface area contributed by atoms with E-state index in [0.717, 1.165) is 10.6 Å². The highest BCUT2D eigenvalue weighted by Gasteiger charge is 2.34. The molecule has 0 fully saturated rings. The van der Waals surface area contributed by atoms with Gasteiger partial charge in [0.2, 0.25) is 5.78 Å². The fourth-order valence-corrected chi connectivity index (χ4v) is 1.57. The maximum absolute atomic E-state index is 12.5. The summed E-state index contributed by atoms with van der Waals surface area (Å²) in [6, 6.07) is 1.35. The summed E-state index contributed by atoms with van der Waals surface area (Å²) >= 11 is 5.82. The molecule has 2 N–H and O–H groups in total. The van der Waals surface area contributed by atoms with E-state index in [1.54, 1.807) is 0 Å². The summed E-state index contributed by atoms with van der Waals surface area (Å²) in [5.74, 6) is 0.0936. The minimum Gasteiger partial charge on any atom is -0.395 e. The Labute approximate surface area is 104 Å². The van der Waals surface area contributed by atoms with Crippen LogP contribution in [-0.4, -0.2) is 32.6 Å². The Morgan fingerprint density at radius 1 is 1.39 bits per heavy atom. The number of anilines is 1. The van der Waals surface area contributed by atoms with Gasteiger partial charge in [-0.25, -0.2) is 4.98 Å². The lowest BCUT2D eigenvalue weighted by Crippen LogP contribution is -2.07. The van der Waals surface area contributed by atoms with E-state index in [0.29, 0.717) is 0 Å². The topological polar surface area (TPSA) is 62.5 Å². The Morgan fingerprint density at radius 3 is 2.72 bits per heavy atom. The summed E-state index contributed by atoms with van der Waals surface area (Å²) in [4.78, 5) is 7.21. The molecule has 2 aromatic heterocycles. The number of hydrogen-bond donors (Lipinski definition) is 2. The molecule has 0 saturated carbocycles. The predicted molar refractivity (Wildman–Crippen MR) is 58.6 cm³/mol. The first-order valence-corrected chi connectivity index (χ1v) is 5.27. The van der Waals surface area contributed by atoms with Crippen LogP contribution in [0.3, 0.4) is 0 Å². The molecule has 0 bridgehead atoms. The molecule has 0 aromatic carbocycles. The minimum atomic E-state index is -4.55. The van der Waals surface area contributed by atoms with Gasteiger partial charge in [0.05, 0.1) is 6.61 Å². The highest BCUT2D eigenvalue weighted by atomic mass is 35.5. The lowest BCUT2D eigenvalue weighted by molar-refractivity contribution is -0.140. The summed E-state index contributed by atoms with van der Waals surface area (Å²) in [5.41, 5.74) is -1.06. The molecule has 0 saturated heterocycles. The van der Waals surface area contributed by atoms with Crippen LogP contribution in [0.25, 0.3) is 5.78 Å². The largest absolute Gasteiger partial charge is 0.434 e. The van der Waals surface area contributed by atoms with Crippen molar-refractivity contribution in [1.82, 2.24) is 14.4 Å². The van der Waals surface area contributed by atoms with Crippen molar-refractivity contribution in [1.29, 1.82) is 0 Å². The molecular formula is C9H8ClF3N4O. The lowest BCUT2D eigenvalue weighted by Gasteiger charge is -2.04. The number of nitrogens with one attached hydrogen (secondary N) is 1. The second-order valence-corrected chi connectivity index (χ2v) is 3.80. The third-order valence-electron chi connectivity index (χ3n) is 2.10. The quantitative estimate of drug-likeness (QED) is 0.842. The molecule has 0 spiro atoms. The fraction of sp³-hybridized carbons (Fsp3) is 0.333. The van der Waals surface area contributed by atoms with Crippen LogP contribution in [0, 0.1) is 0 Å². The molecule has 0 aliphatic carbocycles. The maximum atomic E-state index is 12.5. The van der Waals surface area contributed by atoms with E-state index in [2.05, 4.69) is 15.3 Å². The van der Waals surface area contributed by atoms with Gasteiger partial charge in [-0.1, -0.05) is 11.6 Å². The molecule has 2 aromatic rings. The van der Waals surface area contributed by atoms with Crippen molar-refractivity contribution in [3.8, 4) is 0 Å². The average molecular weight is 281 g/mol. The molecule has 0 unspecified atom stereocenters. The van der Waals surface area contributed by atoms with Gasteiger partial charge in [-0.05, 0) is 0 Å². The predicted octanol–water partition coefficient (Wildman–Crippen LogP) is 1.81. The molecule has 0 aliphatic rings. The zero-order chi connectivity index (χ0) is 13.3. The van der Waals surface area contributed by atoms with Crippen molar-refractivity contribution in [2.24, 2.45) is 0 Å². The van der Waals surface area contributed by atoms with E-state index in [9.17, 15) is 13.2 Å². The van der Waals surface area contributed by atoms with Crippen LogP contribution in [0.4, 0.5) is 19.0 Å². The number of rotatable bonds is 3. The van der Waals surface area contributed by atoms with Gasteiger partial charge in [0.25, 0.3) is 0 Å². The highest BCUT2D eigenvalue weighted by molar-refractivity contribution is 6.30. The normalized spacial score (nSPS) is 12.1. The summed E-state index contributed by atoms with van der Waals surface area (Å²) in [7, 11) is 0. The van der Waals surface area contributed by atoms with E-state index in [1.807, 2.05) is 0 Å². The van der Waals surface area contributed by atoms with Crippen molar-refractivity contribution in [3.63, 3.8) is 0 Å². The average Bonchev–Trinajstić information content (AvgIpc) is 2.70. The van der Waals surface area contributed by atoms with Crippen molar-refractivity contribution < 1.29 is 18.3 Å². The van der Waals surface area contributed by atoms with E-state index < -0.39 is 11.9 Å². The van der Waals surface area contributed by atoms with Gasteiger partial charge in [0.1, 0.15) is 11.0 Å². The molecule has 98 valence electrons. The Balaban J connectivity index is 2.46. The number of alkyl halides is 3. The number of halogens is 4. The smallest absolute Gasteiger partial charge is 0.395 e. The first-order valence-electron chi connectivity index (χ1n) is 4.89. The standard InChI is InChI=1S/C9H8ClF3N4O/c10-6-3-7(14-1-2-18)16-8-15-5(4-17(6)8)9(11,12)13/h3-4,18H,1-2H2,(H,14,15,16). The van der Waals surface area contributed by atoms with Crippen LogP contribution in [0.1, 0.15) is 5.69 Å². The minimum absolute atomic E-state index is 0.0449. The summed E-state index contributed by atoms with van der Waals surface area (Å²) < 4.78 is 38.4. The van der Waals surface area contributed by atoms with Gasteiger partial charge < -0.3 is 10.4 Å². The Bertz CT molecular complexity index is 569. The first kappa shape index (κ1) is 12.9. The van der Waals surface area contributed by atoms with Gasteiger partial charge in [-0.2, -0.15) is 18.2 Å². The van der Waals surface area contributed by atoms with Crippen LogP contribution in [0.5, 0.6) is 0 Å². The molecule has 0 atom stereocenters. The van der Waals surface area contributed by atoms with Gasteiger partial charge in [0.15, 0.2) is 5.69 Å². The van der Waals surface area contributed by atoms with E-state index >= 15 is 0 Å². The number of hydrogen-bond acceptors (Lipinski definition) is 4.